The van der Waals surface area contributed by atoms with Crippen LogP contribution in [-0.4, -0.2) is 10.2 Å². The van der Waals surface area contributed by atoms with Crippen molar-refractivity contribution in [2.24, 2.45) is 0 Å². The zero-order valence-electron chi connectivity index (χ0n) is 9.86. The summed E-state index contributed by atoms with van der Waals surface area (Å²) in [4.78, 5) is 0. The van der Waals surface area contributed by atoms with E-state index in [1.807, 2.05) is 26.0 Å². The fourth-order valence-electron chi connectivity index (χ4n) is 1.72. The first-order valence-electron chi connectivity index (χ1n) is 5.42. The minimum absolute atomic E-state index is 0.260. The van der Waals surface area contributed by atoms with Gasteiger partial charge in [-0.1, -0.05) is 0 Å². The van der Waals surface area contributed by atoms with Crippen LogP contribution in [0.2, 0.25) is 0 Å². The summed E-state index contributed by atoms with van der Waals surface area (Å²) < 4.78 is 0. The summed E-state index contributed by atoms with van der Waals surface area (Å²) in [6.45, 7) is 3.86. The van der Waals surface area contributed by atoms with E-state index in [1.165, 1.54) is 0 Å². The summed E-state index contributed by atoms with van der Waals surface area (Å²) in [5, 5.41) is 21.9. The van der Waals surface area contributed by atoms with Crippen LogP contribution in [-0.2, 0) is 0 Å². The highest BCUT2D eigenvalue weighted by molar-refractivity contribution is 5.67. The number of nitrogens with one attached hydrogen (secondary N) is 1. The van der Waals surface area contributed by atoms with Crippen molar-refractivity contribution in [2.45, 2.75) is 13.8 Å². The van der Waals surface area contributed by atoms with E-state index in [2.05, 4.69) is 5.32 Å². The van der Waals surface area contributed by atoms with Crippen LogP contribution in [0.5, 0.6) is 11.5 Å². The molecule has 0 bridgehead atoms. The predicted molar refractivity (Wildman–Crippen MR) is 69.0 cm³/mol. The van der Waals surface area contributed by atoms with Crippen molar-refractivity contribution in [3.63, 3.8) is 0 Å². The minimum Gasteiger partial charge on any atom is -0.508 e. The second-order valence-electron chi connectivity index (χ2n) is 4.12. The van der Waals surface area contributed by atoms with Gasteiger partial charge in [-0.3, -0.25) is 0 Å². The van der Waals surface area contributed by atoms with Crippen molar-refractivity contribution in [1.82, 2.24) is 0 Å². The highest BCUT2D eigenvalue weighted by Gasteiger charge is 2.03. The van der Waals surface area contributed by atoms with Crippen molar-refractivity contribution in [2.75, 3.05) is 5.32 Å². The molecule has 3 heteroatoms. The number of phenolic OH excluding ortho intramolecular Hbond substituents is 2. The third-order valence-corrected chi connectivity index (χ3v) is 2.69. The number of aryl methyl sites for hydroxylation is 2. The van der Waals surface area contributed by atoms with E-state index in [0.717, 1.165) is 22.5 Å². The summed E-state index contributed by atoms with van der Waals surface area (Å²) in [6.07, 6.45) is 0. The first kappa shape index (κ1) is 11.3. The second kappa shape index (κ2) is 4.37. The van der Waals surface area contributed by atoms with Gasteiger partial charge in [0.15, 0.2) is 0 Å². The normalized spacial score (nSPS) is 10.2. The fourth-order valence-corrected chi connectivity index (χ4v) is 1.72. The lowest BCUT2D eigenvalue weighted by Crippen LogP contribution is -1.94. The van der Waals surface area contributed by atoms with E-state index in [1.54, 1.807) is 24.3 Å². The van der Waals surface area contributed by atoms with Gasteiger partial charge in [-0.15, -0.1) is 0 Å². The van der Waals surface area contributed by atoms with Crippen molar-refractivity contribution in [3.8, 4) is 11.5 Å². The predicted octanol–water partition coefficient (Wildman–Crippen LogP) is 3.46. The van der Waals surface area contributed by atoms with Crippen molar-refractivity contribution in [3.05, 3.63) is 47.5 Å². The van der Waals surface area contributed by atoms with Crippen LogP contribution >= 0.6 is 0 Å². The summed E-state index contributed by atoms with van der Waals surface area (Å²) in [7, 11) is 0. The molecule has 0 aliphatic heterocycles. The molecule has 0 aliphatic rings. The first-order valence-corrected chi connectivity index (χ1v) is 5.42. The molecule has 0 heterocycles. The number of anilines is 2. The van der Waals surface area contributed by atoms with Crippen molar-refractivity contribution >= 4 is 11.4 Å². The van der Waals surface area contributed by atoms with E-state index < -0.39 is 0 Å². The smallest absolute Gasteiger partial charge is 0.115 e. The Kier molecular flexibility index (Phi) is 2.91. The molecular formula is C14H15NO2. The van der Waals surface area contributed by atoms with Crippen LogP contribution in [0.15, 0.2) is 36.4 Å². The molecule has 0 aromatic heterocycles. The van der Waals surface area contributed by atoms with E-state index in [9.17, 15) is 10.2 Å². The van der Waals surface area contributed by atoms with Crippen LogP contribution in [0.25, 0.3) is 0 Å². The van der Waals surface area contributed by atoms with Gasteiger partial charge >= 0.3 is 0 Å². The lowest BCUT2D eigenvalue weighted by atomic mass is 10.1. The highest BCUT2D eigenvalue weighted by Crippen LogP contribution is 2.27. The van der Waals surface area contributed by atoms with Gasteiger partial charge in [-0.2, -0.15) is 0 Å². The Balaban J connectivity index is 2.31. The average molecular weight is 229 g/mol. The van der Waals surface area contributed by atoms with Gasteiger partial charge in [0.05, 0.1) is 0 Å². The molecule has 0 aliphatic carbocycles. The molecule has 0 atom stereocenters. The number of hydrogen-bond donors (Lipinski definition) is 3. The van der Waals surface area contributed by atoms with E-state index in [0.29, 0.717) is 0 Å². The van der Waals surface area contributed by atoms with Crippen molar-refractivity contribution < 1.29 is 10.2 Å². The molecule has 2 rings (SSSR count). The molecule has 17 heavy (non-hydrogen) atoms. The maximum atomic E-state index is 9.33. The fraction of sp³-hybridized carbons (Fsp3) is 0.143. The molecule has 0 fully saturated rings. The molecule has 2 aromatic rings. The maximum Gasteiger partial charge on any atom is 0.115 e. The zero-order chi connectivity index (χ0) is 12.4. The third-order valence-electron chi connectivity index (χ3n) is 2.69. The Morgan fingerprint density at radius 1 is 0.765 bits per heavy atom. The molecule has 0 spiro atoms. The number of benzene rings is 2. The Hall–Kier alpha value is -2.16. The van der Waals surface area contributed by atoms with Gasteiger partial charge in [0.1, 0.15) is 11.5 Å². The summed E-state index contributed by atoms with van der Waals surface area (Å²) in [5.41, 5.74) is 3.82. The molecule has 0 amide bonds. The van der Waals surface area contributed by atoms with E-state index in [-0.39, 0.29) is 11.5 Å². The van der Waals surface area contributed by atoms with Gasteiger partial charge in [-0.25, -0.2) is 0 Å². The second-order valence-corrected chi connectivity index (χ2v) is 4.12. The summed E-state index contributed by atoms with van der Waals surface area (Å²) >= 11 is 0. The highest BCUT2D eigenvalue weighted by atomic mass is 16.3. The number of rotatable bonds is 2. The zero-order valence-corrected chi connectivity index (χ0v) is 9.86. The molecule has 3 nitrogen and oxygen atoms in total. The van der Waals surface area contributed by atoms with Gasteiger partial charge in [0, 0.05) is 11.4 Å². The lowest BCUT2D eigenvalue weighted by molar-refractivity contribution is 0.474. The van der Waals surface area contributed by atoms with Crippen LogP contribution in [0.1, 0.15) is 11.1 Å². The molecule has 0 radical (unpaired) electrons. The average Bonchev–Trinajstić information content (AvgIpc) is 2.25. The van der Waals surface area contributed by atoms with Crippen molar-refractivity contribution in [1.29, 1.82) is 0 Å². The maximum absolute atomic E-state index is 9.33. The quantitative estimate of drug-likeness (QED) is 0.691. The third kappa shape index (κ3) is 2.50. The lowest BCUT2D eigenvalue weighted by Gasteiger charge is -2.12. The largest absolute Gasteiger partial charge is 0.508 e. The Morgan fingerprint density at radius 2 is 1.18 bits per heavy atom. The Bertz CT molecular complexity index is 500. The van der Waals surface area contributed by atoms with Crippen LogP contribution in [0, 0.1) is 13.8 Å². The number of phenols is 2. The van der Waals surface area contributed by atoms with Gasteiger partial charge in [-0.05, 0) is 61.4 Å². The summed E-state index contributed by atoms with van der Waals surface area (Å²) in [5.74, 6) is 0.519. The molecule has 88 valence electrons. The SMILES string of the molecule is Cc1cc(O)ccc1Nc1ccc(O)cc1C. The number of aromatic hydroxyl groups is 2. The molecule has 0 unspecified atom stereocenters. The number of hydrogen-bond acceptors (Lipinski definition) is 3. The van der Waals surface area contributed by atoms with Gasteiger partial charge in [0.2, 0.25) is 0 Å². The molecule has 2 aromatic carbocycles. The van der Waals surface area contributed by atoms with Crippen LogP contribution in [0.3, 0.4) is 0 Å². The minimum atomic E-state index is 0.260. The standard InChI is InChI=1S/C14H15NO2/c1-9-7-11(16)3-5-13(9)15-14-6-4-12(17)8-10(14)2/h3-8,15-17H,1-2H3. The Labute approximate surface area is 100 Å². The topological polar surface area (TPSA) is 52.5 Å². The first-order chi connectivity index (χ1) is 8.06. The molecule has 0 saturated heterocycles. The van der Waals surface area contributed by atoms with Crippen LogP contribution < -0.4 is 5.32 Å². The molecule has 0 saturated carbocycles. The van der Waals surface area contributed by atoms with E-state index >= 15 is 0 Å². The van der Waals surface area contributed by atoms with Crippen LogP contribution in [0.4, 0.5) is 11.4 Å². The monoisotopic (exact) mass is 229 g/mol. The van der Waals surface area contributed by atoms with E-state index in [4.69, 9.17) is 0 Å². The summed E-state index contributed by atoms with van der Waals surface area (Å²) in [6, 6.07) is 10.4. The Morgan fingerprint density at radius 3 is 1.53 bits per heavy atom. The van der Waals surface area contributed by atoms with Gasteiger partial charge < -0.3 is 15.5 Å². The van der Waals surface area contributed by atoms with Gasteiger partial charge in [0.25, 0.3) is 0 Å². The molecular weight excluding hydrogens is 214 g/mol. The molecule has 3 N–H and O–H groups in total.